The van der Waals surface area contributed by atoms with Gasteiger partial charge in [0.15, 0.2) is 4.77 Å². The fourth-order valence-corrected chi connectivity index (χ4v) is 2.84. The van der Waals surface area contributed by atoms with Gasteiger partial charge in [0, 0.05) is 26.0 Å². The normalized spacial score (nSPS) is 16.6. The molecule has 3 nitrogen and oxygen atoms in total. The van der Waals surface area contributed by atoms with Gasteiger partial charge in [0.25, 0.3) is 0 Å². The van der Waals surface area contributed by atoms with E-state index in [2.05, 4.69) is 33.8 Å². The van der Waals surface area contributed by atoms with Crippen molar-refractivity contribution in [1.82, 2.24) is 9.55 Å². The molecule has 0 amide bonds. The maximum atomic E-state index is 5.42. The van der Waals surface area contributed by atoms with Crippen molar-refractivity contribution >= 4 is 12.2 Å². The maximum Gasteiger partial charge on any atom is 0.177 e. The zero-order chi connectivity index (χ0) is 13.1. The zero-order valence-electron chi connectivity index (χ0n) is 10.8. The summed E-state index contributed by atoms with van der Waals surface area (Å²) in [5.41, 5.74) is 2.39. The van der Waals surface area contributed by atoms with Gasteiger partial charge in [-0.2, -0.15) is 0 Å². The molecule has 1 aromatic heterocycles. The fraction of sp³-hybridized carbons (Fsp3) is 0.400. The average Bonchev–Trinajstić information content (AvgIpc) is 2.82. The van der Waals surface area contributed by atoms with E-state index in [4.69, 9.17) is 17.0 Å². The lowest BCUT2D eigenvalue weighted by atomic mass is 10.00. The Hall–Kier alpha value is -1.39. The number of ether oxygens (including phenoxy) is 1. The molecule has 0 atom stereocenters. The Balaban J connectivity index is 1.88. The molecule has 0 bridgehead atoms. The molecule has 0 saturated carbocycles. The van der Waals surface area contributed by atoms with Gasteiger partial charge in [0.2, 0.25) is 0 Å². The first-order chi connectivity index (χ1) is 9.34. The van der Waals surface area contributed by atoms with Crippen LogP contribution in [0.4, 0.5) is 0 Å². The summed E-state index contributed by atoms with van der Waals surface area (Å²) >= 11 is 5.42. The number of aromatic nitrogens is 2. The summed E-state index contributed by atoms with van der Waals surface area (Å²) in [5.74, 6) is 0.665. The molecule has 4 heteroatoms. The number of aromatic amines is 1. The van der Waals surface area contributed by atoms with Crippen LogP contribution in [-0.4, -0.2) is 22.8 Å². The molecule has 100 valence electrons. The van der Waals surface area contributed by atoms with Crippen LogP contribution in [0.5, 0.6) is 0 Å². The third-order valence-electron chi connectivity index (χ3n) is 3.72. The van der Waals surface area contributed by atoms with Crippen LogP contribution < -0.4 is 0 Å². The van der Waals surface area contributed by atoms with Gasteiger partial charge in [0.05, 0.1) is 5.69 Å². The summed E-state index contributed by atoms with van der Waals surface area (Å²) < 4.78 is 8.45. The van der Waals surface area contributed by atoms with Crippen LogP contribution in [0.1, 0.15) is 12.8 Å². The van der Waals surface area contributed by atoms with Crippen molar-refractivity contribution in [1.29, 1.82) is 0 Å². The number of benzene rings is 1. The minimum atomic E-state index is 0.665. The Kier molecular flexibility index (Phi) is 3.80. The SMILES string of the molecule is S=c1[nH]cc(-c2ccccc2)n1CC1CCOCC1. The van der Waals surface area contributed by atoms with Crippen LogP contribution in [0.3, 0.4) is 0 Å². The van der Waals surface area contributed by atoms with Gasteiger partial charge in [-0.1, -0.05) is 30.3 Å². The topological polar surface area (TPSA) is 29.9 Å². The molecule has 1 saturated heterocycles. The molecule has 0 aliphatic carbocycles. The summed E-state index contributed by atoms with van der Waals surface area (Å²) in [6, 6.07) is 10.4. The Morgan fingerprint density at radius 2 is 1.95 bits per heavy atom. The predicted molar refractivity (Wildman–Crippen MR) is 78.6 cm³/mol. The molecule has 0 radical (unpaired) electrons. The number of hydrogen-bond acceptors (Lipinski definition) is 2. The molecule has 3 rings (SSSR count). The van der Waals surface area contributed by atoms with E-state index in [0.29, 0.717) is 5.92 Å². The molecule has 1 aromatic carbocycles. The van der Waals surface area contributed by atoms with Crippen LogP contribution in [0.25, 0.3) is 11.3 Å². The van der Waals surface area contributed by atoms with E-state index < -0.39 is 0 Å². The van der Waals surface area contributed by atoms with Gasteiger partial charge in [-0.25, -0.2) is 0 Å². The van der Waals surface area contributed by atoms with Crippen molar-refractivity contribution < 1.29 is 4.74 Å². The highest BCUT2D eigenvalue weighted by Gasteiger charge is 2.16. The number of nitrogens with zero attached hydrogens (tertiary/aromatic N) is 1. The Bertz CT molecular complexity index is 582. The van der Waals surface area contributed by atoms with Crippen LogP contribution in [0.15, 0.2) is 36.5 Å². The van der Waals surface area contributed by atoms with Gasteiger partial charge in [-0.3, -0.25) is 0 Å². The average molecular weight is 274 g/mol. The van der Waals surface area contributed by atoms with E-state index in [0.717, 1.165) is 37.4 Å². The van der Waals surface area contributed by atoms with E-state index in [-0.39, 0.29) is 0 Å². The molecule has 1 aliphatic heterocycles. The van der Waals surface area contributed by atoms with Crippen molar-refractivity contribution in [3.8, 4) is 11.3 Å². The van der Waals surface area contributed by atoms with Crippen LogP contribution in [-0.2, 0) is 11.3 Å². The van der Waals surface area contributed by atoms with Crippen molar-refractivity contribution in [2.75, 3.05) is 13.2 Å². The number of imidazole rings is 1. The number of hydrogen-bond donors (Lipinski definition) is 1. The summed E-state index contributed by atoms with van der Waals surface area (Å²) in [4.78, 5) is 3.17. The molecule has 2 heterocycles. The number of nitrogens with one attached hydrogen (secondary N) is 1. The van der Waals surface area contributed by atoms with E-state index >= 15 is 0 Å². The van der Waals surface area contributed by atoms with Gasteiger partial charge < -0.3 is 14.3 Å². The molecule has 0 spiro atoms. The number of rotatable bonds is 3. The smallest absolute Gasteiger partial charge is 0.177 e. The second kappa shape index (κ2) is 5.72. The summed E-state index contributed by atoms with van der Waals surface area (Å²) in [6.45, 7) is 2.74. The summed E-state index contributed by atoms with van der Waals surface area (Å²) in [7, 11) is 0. The minimum Gasteiger partial charge on any atom is -0.381 e. The van der Waals surface area contributed by atoms with Crippen LogP contribution in [0, 0.1) is 10.7 Å². The van der Waals surface area contributed by atoms with E-state index in [9.17, 15) is 0 Å². The van der Waals surface area contributed by atoms with Gasteiger partial charge in [0.1, 0.15) is 0 Å². The minimum absolute atomic E-state index is 0.665. The van der Waals surface area contributed by atoms with E-state index in [1.165, 1.54) is 11.3 Å². The zero-order valence-corrected chi connectivity index (χ0v) is 11.7. The standard InChI is InChI=1S/C15H18N2OS/c19-15-16-10-14(13-4-2-1-3-5-13)17(15)11-12-6-8-18-9-7-12/h1-5,10,12H,6-9,11H2,(H,16,19). The van der Waals surface area contributed by atoms with Crippen molar-refractivity contribution in [3.63, 3.8) is 0 Å². The summed E-state index contributed by atoms with van der Waals surface area (Å²) in [5, 5.41) is 0. The first kappa shape index (κ1) is 12.6. The third-order valence-corrected chi connectivity index (χ3v) is 4.06. The molecule has 1 N–H and O–H groups in total. The van der Waals surface area contributed by atoms with Crippen molar-refractivity contribution in [2.45, 2.75) is 19.4 Å². The monoisotopic (exact) mass is 274 g/mol. The fourth-order valence-electron chi connectivity index (χ4n) is 2.61. The second-order valence-corrected chi connectivity index (χ2v) is 5.40. The maximum absolute atomic E-state index is 5.42. The van der Waals surface area contributed by atoms with E-state index in [1.807, 2.05) is 12.3 Å². The number of H-pyrrole nitrogens is 1. The van der Waals surface area contributed by atoms with Crippen molar-refractivity contribution in [3.05, 3.63) is 41.3 Å². The van der Waals surface area contributed by atoms with Crippen molar-refractivity contribution in [2.24, 2.45) is 5.92 Å². The lowest BCUT2D eigenvalue weighted by Gasteiger charge is -2.23. The molecule has 1 aliphatic rings. The Morgan fingerprint density at radius 1 is 1.21 bits per heavy atom. The van der Waals surface area contributed by atoms with Crippen LogP contribution >= 0.6 is 12.2 Å². The second-order valence-electron chi connectivity index (χ2n) is 5.01. The lowest BCUT2D eigenvalue weighted by Crippen LogP contribution is -2.20. The highest BCUT2D eigenvalue weighted by Crippen LogP contribution is 2.23. The highest BCUT2D eigenvalue weighted by atomic mass is 32.1. The molecular weight excluding hydrogens is 256 g/mol. The molecule has 1 fully saturated rings. The van der Waals surface area contributed by atoms with Crippen LogP contribution in [0.2, 0.25) is 0 Å². The molecule has 0 unspecified atom stereocenters. The molecular formula is C15H18N2OS. The highest BCUT2D eigenvalue weighted by molar-refractivity contribution is 7.71. The Labute approximate surface area is 118 Å². The quantitative estimate of drug-likeness (QED) is 0.866. The predicted octanol–water partition coefficient (Wildman–Crippen LogP) is 3.64. The first-order valence-electron chi connectivity index (χ1n) is 6.76. The van der Waals surface area contributed by atoms with Gasteiger partial charge in [-0.05, 0) is 36.5 Å². The first-order valence-corrected chi connectivity index (χ1v) is 7.17. The Morgan fingerprint density at radius 3 is 2.68 bits per heavy atom. The lowest BCUT2D eigenvalue weighted by molar-refractivity contribution is 0.0613. The van der Waals surface area contributed by atoms with Gasteiger partial charge in [-0.15, -0.1) is 0 Å². The molecule has 2 aromatic rings. The summed E-state index contributed by atoms with van der Waals surface area (Å²) in [6.07, 6.45) is 4.26. The van der Waals surface area contributed by atoms with Gasteiger partial charge >= 0.3 is 0 Å². The van der Waals surface area contributed by atoms with E-state index in [1.54, 1.807) is 0 Å². The largest absolute Gasteiger partial charge is 0.381 e. The third kappa shape index (κ3) is 2.80. The molecule has 19 heavy (non-hydrogen) atoms.